The fourth-order valence-corrected chi connectivity index (χ4v) is 3.14. The molecule has 7 heteroatoms. The summed E-state index contributed by atoms with van der Waals surface area (Å²) in [5, 5.41) is 9.17. The van der Waals surface area contributed by atoms with Gasteiger partial charge in [0.2, 0.25) is 0 Å². The van der Waals surface area contributed by atoms with Crippen LogP contribution in [0.25, 0.3) is 10.8 Å². The van der Waals surface area contributed by atoms with Crippen molar-refractivity contribution in [3.63, 3.8) is 0 Å². The fraction of sp³-hybridized carbons (Fsp3) is 0.429. The summed E-state index contributed by atoms with van der Waals surface area (Å²) in [6, 6.07) is 6.99. The van der Waals surface area contributed by atoms with Crippen LogP contribution < -0.4 is 5.56 Å². The number of hydrogen-bond donors (Lipinski definition) is 0. The molecule has 0 atom stereocenters. The number of hydrogen-bond acceptors (Lipinski definition) is 6. The van der Waals surface area contributed by atoms with E-state index in [1.165, 1.54) is 4.68 Å². The second-order valence-corrected chi connectivity index (χ2v) is 6.86. The predicted octanol–water partition coefficient (Wildman–Crippen LogP) is 3.94. The van der Waals surface area contributed by atoms with Crippen molar-refractivity contribution < 1.29 is 14.1 Å². The first-order valence-corrected chi connectivity index (χ1v) is 9.61. The standard InChI is InChI=1S/C21H25N3O4/c1-4-5-6-9-12-24-20(25)17-11-8-7-10-16(17)19(22-24)21(26)27-13-18-14(2)23-28-15(18)3/h7-8,10-11H,4-6,9,12-13H2,1-3H3. The number of fused-ring (bicyclic) bond motifs is 1. The molecule has 0 fully saturated rings. The first-order chi connectivity index (χ1) is 13.5. The number of rotatable bonds is 8. The zero-order valence-corrected chi connectivity index (χ0v) is 16.5. The number of nitrogens with zero attached hydrogens (tertiary/aromatic N) is 3. The molecule has 1 aromatic carbocycles. The van der Waals surface area contributed by atoms with Crippen LogP contribution in [0.4, 0.5) is 0 Å². The van der Waals surface area contributed by atoms with Gasteiger partial charge < -0.3 is 9.26 Å². The van der Waals surface area contributed by atoms with E-state index >= 15 is 0 Å². The van der Waals surface area contributed by atoms with Crippen LogP contribution in [-0.4, -0.2) is 20.9 Å². The summed E-state index contributed by atoms with van der Waals surface area (Å²) in [6.45, 7) is 6.23. The van der Waals surface area contributed by atoms with E-state index in [2.05, 4.69) is 17.2 Å². The summed E-state index contributed by atoms with van der Waals surface area (Å²) in [5.41, 5.74) is 1.39. The normalized spacial score (nSPS) is 11.1. The first kappa shape index (κ1) is 19.8. The fourth-order valence-electron chi connectivity index (χ4n) is 3.14. The van der Waals surface area contributed by atoms with Gasteiger partial charge in [0, 0.05) is 11.9 Å². The van der Waals surface area contributed by atoms with Gasteiger partial charge in [-0.1, -0.05) is 49.5 Å². The topological polar surface area (TPSA) is 87.2 Å². The molecule has 0 amide bonds. The van der Waals surface area contributed by atoms with Gasteiger partial charge in [-0.3, -0.25) is 4.79 Å². The van der Waals surface area contributed by atoms with Gasteiger partial charge in [0.25, 0.3) is 5.56 Å². The Hall–Kier alpha value is -2.96. The number of benzene rings is 1. The number of carbonyl (C=O) groups is 1. The van der Waals surface area contributed by atoms with Gasteiger partial charge in [-0.25, -0.2) is 9.48 Å². The van der Waals surface area contributed by atoms with Crippen LogP contribution in [0.2, 0.25) is 0 Å². The van der Waals surface area contributed by atoms with Crippen LogP contribution in [0, 0.1) is 13.8 Å². The summed E-state index contributed by atoms with van der Waals surface area (Å²) in [5.74, 6) is 0.0440. The number of esters is 1. The highest BCUT2D eigenvalue weighted by Gasteiger charge is 2.19. The Bertz CT molecular complexity index is 1020. The second-order valence-electron chi connectivity index (χ2n) is 6.86. The molecule has 2 heterocycles. The minimum absolute atomic E-state index is 0.0473. The summed E-state index contributed by atoms with van der Waals surface area (Å²) < 4.78 is 11.9. The van der Waals surface area contributed by atoms with E-state index in [1.54, 1.807) is 38.1 Å². The van der Waals surface area contributed by atoms with Crippen molar-refractivity contribution >= 4 is 16.7 Å². The molecule has 0 spiro atoms. The Balaban J connectivity index is 1.89. The van der Waals surface area contributed by atoms with E-state index in [1.807, 2.05) is 0 Å². The highest BCUT2D eigenvalue weighted by atomic mass is 16.5. The van der Waals surface area contributed by atoms with Gasteiger partial charge in [0.1, 0.15) is 12.4 Å². The van der Waals surface area contributed by atoms with Crippen LogP contribution in [0.3, 0.4) is 0 Å². The Morgan fingerprint density at radius 2 is 1.89 bits per heavy atom. The number of aromatic nitrogens is 3. The highest BCUT2D eigenvalue weighted by molar-refractivity contribution is 6.02. The average Bonchev–Trinajstić information content (AvgIpc) is 3.02. The van der Waals surface area contributed by atoms with E-state index in [-0.39, 0.29) is 17.9 Å². The van der Waals surface area contributed by atoms with Crippen molar-refractivity contribution in [1.29, 1.82) is 0 Å². The highest BCUT2D eigenvalue weighted by Crippen LogP contribution is 2.17. The Labute approximate surface area is 163 Å². The molecule has 7 nitrogen and oxygen atoms in total. The van der Waals surface area contributed by atoms with Gasteiger partial charge >= 0.3 is 5.97 Å². The predicted molar refractivity (Wildman–Crippen MR) is 105 cm³/mol. The van der Waals surface area contributed by atoms with E-state index in [0.717, 1.165) is 31.2 Å². The van der Waals surface area contributed by atoms with Crippen LogP contribution in [0.15, 0.2) is 33.6 Å². The SMILES string of the molecule is CCCCCCn1nc(C(=O)OCc2c(C)noc2C)c2ccccc2c1=O. The molecule has 0 aliphatic rings. The molecule has 0 saturated heterocycles. The summed E-state index contributed by atoms with van der Waals surface area (Å²) >= 11 is 0. The summed E-state index contributed by atoms with van der Waals surface area (Å²) in [6.07, 6.45) is 4.07. The number of ether oxygens (including phenoxy) is 1. The zero-order valence-electron chi connectivity index (χ0n) is 16.5. The maximum absolute atomic E-state index is 12.8. The average molecular weight is 383 g/mol. The molecule has 0 unspecified atom stereocenters. The molecular weight excluding hydrogens is 358 g/mol. The molecule has 0 aliphatic carbocycles. The van der Waals surface area contributed by atoms with Gasteiger partial charge in [-0.05, 0) is 26.3 Å². The van der Waals surface area contributed by atoms with Crippen molar-refractivity contribution in [1.82, 2.24) is 14.9 Å². The lowest BCUT2D eigenvalue weighted by Crippen LogP contribution is -2.26. The van der Waals surface area contributed by atoms with Gasteiger partial charge in [-0.15, -0.1) is 0 Å². The van der Waals surface area contributed by atoms with Crippen LogP contribution in [0.1, 0.15) is 60.1 Å². The third kappa shape index (κ3) is 4.13. The lowest BCUT2D eigenvalue weighted by atomic mass is 10.1. The third-order valence-corrected chi connectivity index (χ3v) is 4.81. The van der Waals surface area contributed by atoms with Crippen molar-refractivity contribution in [2.75, 3.05) is 0 Å². The molecule has 0 N–H and O–H groups in total. The van der Waals surface area contributed by atoms with Gasteiger partial charge in [0.05, 0.1) is 16.6 Å². The van der Waals surface area contributed by atoms with Crippen LogP contribution in [-0.2, 0) is 17.9 Å². The minimum Gasteiger partial charge on any atom is -0.456 e. The maximum atomic E-state index is 12.8. The van der Waals surface area contributed by atoms with Crippen LogP contribution in [0.5, 0.6) is 0 Å². The molecular formula is C21H25N3O4. The molecule has 3 rings (SSSR count). The molecule has 0 bridgehead atoms. The monoisotopic (exact) mass is 383 g/mol. The molecule has 28 heavy (non-hydrogen) atoms. The number of aryl methyl sites for hydroxylation is 3. The second kappa shape index (κ2) is 8.82. The third-order valence-electron chi connectivity index (χ3n) is 4.81. The van der Waals surface area contributed by atoms with Crippen molar-refractivity contribution in [2.24, 2.45) is 0 Å². The summed E-state index contributed by atoms with van der Waals surface area (Å²) in [4.78, 5) is 25.5. The largest absolute Gasteiger partial charge is 0.456 e. The van der Waals surface area contributed by atoms with E-state index in [4.69, 9.17) is 9.26 Å². The number of carbonyl (C=O) groups excluding carboxylic acids is 1. The lowest BCUT2D eigenvalue weighted by Gasteiger charge is -2.11. The molecule has 3 aromatic rings. The van der Waals surface area contributed by atoms with Crippen molar-refractivity contribution in [3.05, 3.63) is 57.3 Å². The smallest absolute Gasteiger partial charge is 0.359 e. The van der Waals surface area contributed by atoms with E-state index < -0.39 is 5.97 Å². The zero-order chi connectivity index (χ0) is 20.1. The Morgan fingerprint density at radius 1 is 1.14 bits per heavy atom. The molecule has 0 saturated carbocycles. The number of unbranched alkanes of at least 4 members (excludes halogenated alkanes) is 3. The molecule has 0 aliphatic heterocycles. The Morgan fingerprint density at radius 3 is 2.57 bits per heavy atom. The van der Waals surface area contributed by atoms with Crippen molar-refractivity contribution in [2.45, 2.75) is 59.6 Å². The molecule has 0 radical (unpaired) electrons. The first-order valence-electron chi connectivity index (χ1n) is 9.61. The van der Waals surface area contributed by atoms with Gasteiger partial charge in [0.15, 0.2) is 5.69 Å². The van der Waals surface area contributed by atoms with Crippen molar-refractivity contribution in [3.8, 4) is 0 Å². The van der Waals surface area contributed by atoms with Crippen LogP contribution >= 0.6 is 0 Å². The minimum atomic E-state index is -0.571. The molecule has 148 valence electrons. The lowest BCUT2D eigenvalue weighted by molar-refractivity contribution is 0.0463. The summed E-state index contributed by atoms with van der Waals surface area (Å²) in [7, 11) is 0. The molecule has 2 aromatic heterocycles. The Kier molecular flexibility index (Phi) is 6.23. The van der Waals surface area contributed by atoms with E-state index in [0.29, 0.717) is 28.8 Å². The maximum Gasteiger partial charge on any atom is 0.359 e. The quantitative estimate of drug-likeness (QED) is 0.432. The van der Waals surface area contributed by atoms with Gasteiger partial charge in [-0.2, -0.15) is 5.10 Å². The van der Waals surface area contributed by atoms with E-state index in [9.17, 15) is 9.59 Å².